The lowest BCUT2D eigenvalue weighted by Gasteiger charge is -2.02. The molecule has 0 fully saturated rings. The highest BCUT2D eigenvalue weighted by atomic mass is 32.1. The van der Waals surface area contributed by atoms with E-state index < -0.39 is 0 Å². The first-order chi connectivity index (χ1) is 9.06. The Labute approximate surface area is 113 Å². The average molecular weight is 271 g/mol. The fraction of sp³-hybridized carbons (Fsp3) is 0.143. The summed E-state index contributed by atoms with van der Waals surface area (Å²) in [6, 6.07) is 8.13. The number of hydrogen-bond acceptors (Lipinski definition) is 4. The van der Waals surface area contributed by atoms with Gasteiger partial charge in [0.25, 0.3) is 5.56 Å². The highest BCUT2D eigenvalue weighted by molar-refractivity contribution is 7.19. The van der Waals surface area contributed by atoms with Crippen LogP contribution in [0, 0.1) is 13.8 Å². The quantitative estimate of drug-likeness (QED) is 0.715. The Morgan fingerprint density at radius 2 is 1.89 bits per heavy atom. The Bertz CT molecular complexity index is 815. The molecule has 4 nitrogen and oxygen atoms in total. The fourth-order valence-corrected chi connectivity index (χ4v) is 3.26. The molecule has 0 spiro atoms. The molecule has 5 heteroatoms. The molecule has 0 saturated carbocycles. The van der Waals surface area contributed by atoms with Gasteiger partial charge in [-0.3, -0.25) is 9.78 Å². The Balaban J connectivity index is 2.38. The number of fused-ring (bicyclic) bond motifs is 1. The molecule has 0 atom stereocenters. The van der Waals surface area contributed by atoms with Crippen LogP contribution >= 0.6 is 11.3 Å². The number of hydrogen-bond donors (Lipinski definition) is 2. The molecule has 0 aliphatic heterocycles. The average Bonchev–Trinajstić information content (AvgIpc) is 2.66. The van der Waals surface area contributed by atoms with Gasteiger partial charge in [-0.15, -0.1) is 11.3 Å². The van der Waals surface area contributed by atoms with E-state index in [1.165, 1.54) is 16.9 Å². The van der Waals surface area contributed by atoms with Gasteiger partial charge in [-0.1, -0.05) is 29.8 Å². The predicted octanol–water partition coefficient (Wildman–Crippen LogP) is 2.85. The van der Waals surface area contributed by atoms with Crippen molar-refractivity contribution in [3.8, 4) is 11.1 Å². The second kappa shape index (κ2) is 4.20. The molecule has 0 bridgehead atoms. The number of nitrogens with two attached hydrogens (primary N) is 1. The number of aryl methyl sites for hydroxylation is 2. The first-order valence-corrected chi connectivity index (χ1v) is 6.74. The van der Waals surface area contributed by atoms with Crippen molar-refractivity contribution in [2.75, 3.05) is 5.73 Å². The maximum atomic E-state index is 12.1. The van der Waals surface area contributed by atoms with Crippen LogP contribution in [0.15, 0.2) is 29.1 Å². The fourth-order valence-electron chi connectivity index (χ4n) is 2.20. The number of aromatic amines is 1. The van der Waals surface area contributed by atoms with Gasteiger partial charge in [0.15, 0.2) is 0 Å². The number of nitrogen functional groups attached to an aromatic ring is 1. The lowest BCUT2D eigenvalue weighted by Crippen LogP contribution is -2.10. The summed E-state index contributed by atoms with van der Waals surface area (Å²) in [5, 5.41) is 0.626. The topological polar surface area (TPSA) is 71.8 Å². The molecule has 0 saturated heterocycles. The van der Waals surface area contributed by atoms with E-state index in [4.69, 9.17) is 5.73 Å². The van der Waals surface area contributed by atoms with Gasteiger partial charge in [0, 0.05) is 10.4 Å². The molecule has 0 radical (unpaired) electrons. The van der Waals surface area contributed by atoms with Crippen molar-refractivity contribution < 1.29 is 0 Å². The number of rotatable bonds is 1. The lowest BCUT2D eigenvalue weighted by atomic mass is 10.0. The van der Waals surface area contributed by atoms with Crippen molar-refractivity contribution in [1.82, 2.24) is 9.97 Å². The first kappa shape index (κ1) is 11.9. The minimum atomic E-state index is -0.178. The van der Waals surface area contributed by atoms with Gasteiger partial charge in [-0.2, -0.15) is 0 Å². The van der Waals surface area contributed by atoms with Crippen LogP contribution in [-0.2, 0) is 0 Å². The summed E-state index contributed by atoms with van der Waals surface area (Å²) in [4.78, 5) is 20.6. The minimum Gasteiger partial charge on any atom is -0.369 e. The molecule has 3 rings (SSSR count). The lowest BCUT2D eigenvalue weighted by molar-refractivity contribution is 1.20. The standard InChI is InChI=1S/C14H13N3OS/c1-7-3-5-9(6-4-7)10-8(2)19-13-11(10)12(18)16-14(15)17-13/h3-6H,1-2H3,(H3,15,16,17,18). The largest absolute Gasteiger partial charge is 0.369 e. The first-order valence-electron chi connectivity index (χ1n) is 5.92. The summed E-state index contributed by atoms with van der Waals surface area (Å²) in [5.41, 5.74) is 8.58. The third-order valence-electron chi connectivity index (χ3n) is 3.10. The van der Waals surface area contributed by atoms with Crippen LogP contribution < -0.4 is 11.3 Å². The Morgan fingerprint density at radius 1 is 1.21 bits per heavy atom. The van der Waals surface area contributed by atoms with Crippen molar-refractivity contribution in [2.45, 2.75) is 13.8 Å². The smallest absolute Gasteiger partial charge is 0.261 e. The maximum Gasteiger partial charge on any atom is 0.261 e. The maximum absolute atomic E-state index is 12.1. The molecule has 19 heavy (non-hydrogen) atoms. The molecule has 1 aromatic carbocycles. The second-order valence-electron chi connectivity index (χ2n) is 4.53. The van der Waals surface area contributed by atoms with Gasteiger partial charge in [0.2, 0.25) is 5.95 Å². The number of anilines is 1. The van der Waals surface area contributed by atoms with E-state index in [1.807, 2.05) is 38.1 Å². The molecular formula is C14H13N3OS. The van der Waals surface area contributed by atoms with Crippen LogP contribution in [0.5, 0.6) is 0 Å². The van der Waals surface area contributed by atoms with Gasteiger partial charge in [0.1, 0.15) is 4.83 Å². The van der Waals surface area contributed by atoms with E-state index >= 15 is 0 Å². The normalized spacial score (nSPS) is 11.1. The van der Waals surface area contributed by atoms with Crippen molar-refractivity contribution in [1.29, 1.82) is 0 Å². The summed E-state index contributed by atoms with van der Waals surface area (Å²) in [5.74, 6) is 0.161. The number of nitrogens with zero attached hydrogens (tertiary/aromatic N) is 1. The molecule has 0 aliphatic carbocycles. The van der Waals surface area contributed by atoms with Crippen LogP contribution in [0.2, 0.25) is 0 Å². The minimum absolute atomic E-state index is 0.161. The Hall–Kier alpha value is -2.14. The Kier molecular flexibility index (Phi) is 2.64. The summed E-state index contributed by atoms with van der Waals surface area (Å²) < 4.78 is 0. The molecular weight excluding hydrogens is 258 g/mol. The number of H-pyrrole nitrogens is 1. The van der Waals surface area contributed by atoms with Gasteiger partial charge in [0.05, 0.1) is 5.39 Å². The third kappa shape index (κ3) is 1.92. The number of benzene rings is 1. The van der Waals surface area contributed by atoms with Crippen molar-refractivity contribution in [3.05, 3.63) is 45.1 Å². The summed E-state index contributed by atoms with van der Waals surface area (Å²) >= 11 is 1.50. The molecule has 0 unspecified atom stereocenters. The zero-order valence-corrected chi connectivity index (χ0v) is 11.5. The van der Waals surface area contributed by atoms with Gasteiger partial charge in [-0.25, -0.2) is 4.98 Å². The molecule has 2 heterocycles. The summed E-state index contributed by atoms with van der Waals surface area (Å²) in [7, 11) is 0. The highest BCUT2D eigenvalue weighted by Crippen LogP contribution is 2.35. The SMILES string of the molecule is Cc1ccc(-c2c(C)sc3nc(N)[nH]c(=O)c23)cc1. The number of aromatic nitrogens is 2. The molecule has 0 amide bonds. The van der Waals surface area contributed by atoms with E-state index in [1.54, 1.807) is 0 Å². The van der Waals surface area contributed by atoms with Crippen LogP contribution in [0.1, 0.15) is 10.4 Å². The summed E-state index contributed by atoms with van der Waals surface area (Å²) in [6.45, 7) is 4.04. The zero-order valence-electron chi connectivity index (χ0n) is 10.7. The van der Waals surface area contributed by atoms with Crippen LogP contribution in [0.4, 0.5) is 5.95 Å². The van der Waals surface area contributed by atoms with Crippen LogP contribution in [0.25, 0.3) is 21.3 Å². The van der Waals surface area contributed by atoms with Crippen LogP contribution in [0.3, 0.4) is 0 Å². The van der Waals surface area contributed by atoms with E-state index in [2.05, 4.69) is 9.97 Å². The molecule has 96 valence electrons. The summed E-state index contributed by atoms with van der Waals surface area (Å²) in [6.07, 6.45) is 0. The van der Waals surface area contributed by atoms with Crippen molar-refractivity contribution in [3.63, 3.8) is 0 Å². The number of nitrogens with one attached hydrogen (secondary N) is 1. The van der Waals surface area contributed by atoms with Crippen LogP contribution in [-0.4, -0.2) is 9.97 Å². The molecule has 3 aromatic rings. The van der Waals surface area contributed by atoms with Gasteiger partial charge < -0.3 is 5.73 Å². The molecule has 3 N–H and O–H groups in total. The van der Waals surface area contributed by atoms with Crippen molar-refractivity contribution >= 4 is 27.5 Å². The predicted molar refractivity (Wildman–Crippen MR) is 79.6 cm³/mol. The van der Waals surface area contributed by atoms with Crippen molar-refractivity contribution in [2.24, 2.45) is 0 Å². The number of thiophene rings is 1. The monoisotopic (exact) mass is 271 g/mol. The Morgan fingerprint density at radius 3 is 2.58 bits per heavy atom. The van der Waals surface area contributed by atoms with E-state index in [9.17, 15) is 4.79 Å². The van der Waals surface area contributed by atoms with Gasteiger partial charge >= 0.3 is 0 Å². The molecule has 2 aromatic heterocycles. The second-order valence-corrected chi connectivity index (χ2v) is 5.73. The zero-order chi connectivity index (χ0) is 13.6. The van der Waals surface area contributed by atoms with Gasteiger partial charge in [-0.05, 0) is 19.4 Å². The molecule has 0 aliphatic rings. The highest BCUT2D eigenvalue weighted by Gasteiger charge is 2.15. The van der Waals surface area contributed by atoms with E-state index in [0.717, 1.165) is 16.0 Å². The van der Waals surface area contributed by atoms with E-state index in [0.29, 0.717) is 10.2 Å². The van der Waals surface area contributed by atoms with E-state index in [-0.39, 0.29) is 11.5 Å². The third-order valence-corrected chi connectivity index (χ3v) is 4.10.